The van der Waals surface area contributed by atoms with Crippen molar-refractivity contribution in [3.8, 4) is 11.5 Å². The molecule has 1 aromatic carbocycles. The normalized spacial score (nSPS) is 11.2. The molecule has 7 nitrogen and oxygen atoms in total. The molecule has 134 valence electrons. The fraction of sp³-hybridized carbons (Fsp3) is 0.167. The molecule has 0 atom stereocenters. The van der Waals surface area contributed by atoms with E-state index in [1.54, 1.807) is 45.4 Å². The zero-order valence-electron chi connectivity index (χ0n) is 14.3. The standard InChI is InChI=1S/C18H16N2O5S/c1-9-14-16(21)19-13(20-17(14)26-15(9)18(22)23)7-5-10-4-6-11(24-2)8-12(10)25-3/h4-8H,1-3H3,(H,22,23)(H,19,20,21)/p-1/b7-5+. The molecule has 26 heavy (non-hydrogen) atoms. The van der Waals surface area contributed by atoms with Crippen molar-refractivity contribution >= 4 is 39.7 Å². The first kappa shape index (κ1) is 17.7. The molecule has 1 N–H and O–H groups in total. The Bertz CT molecular complexity index is 1080. The molecule has 0 aliphatic carbocycles. The number of nitrogens with zero attached hydrogens (tertiary/aromatic N) is 1. The van der Waals surface area contributed by atoms with Gasteiger partial charge in [-0.15, -0.1) is 11.3 Å². The summed E-state index contributed by atoms with van der Waals surface area (Å²) in [6.07, 6.45) is 3.36. The molecule has 0 spiro atoms. The first-order chi connectivity index (χ1) is 12.4. The van der Waals surface area contributed by atoms with E-state index < -0.39 is 11.5 Å². The quantitative estimate of drug-likeness (QED) is 0.734. The highest BCUT2D eigenvalue weighted by Crippen LogP contribution is 2.28. The van der Waals surface area contributed by atoms with Crippen molar-refractivity contribution in [1.29, 1.82) is 0 Å². The van der Waals surface area contributed by atoms with Crippen molar-refractivity contribution < 1.29 is 19.4 Å². The number of hydrogen-bond acceptors (Lipinski definition) is 7. The number of carboxylic acid groups (broad SMARTS) is 1. The molecular formula is C18H15N2O5S-. The van der Waals surface area contributed by atoms with E-state index in [0.717, 1.165) is 16.9 Å². The third-order valence-electron chi connectivity index (χ3n) is 3.87. The number of aromatic amines is 1. The number of fused-ring (bicyclic) bond motifs is 1. The molecule has 0 amide bonds. The minimum Gasteiger partial charge on any atom is -0.544 e. The van der Waals surface area contributed by atoms with Crippen molar-refractivity contribution in [2.24, 2.45) is 0 Å². The van der Waals surface area contributed by atoms with Gasteiger partial charge in [-0.25, -0.2) is 4.98 Å². The largest absolute Gasteiger partial charge is 0.544 e. The second-order valence-corrected chi connectivity index (χ2v) is 6.42. The van der Waals surface area contributed by atoms with Gasteiger partial charge in [-0.3, -0.25) is 4.79 Å². The molecule has 0 aliphatic heterocycles. The summed E-state index contributed by atoms with van der Waals surface area (Å²) in [5.41, 5.74) is 0.748. The molecule has 0 bridgehead atoms. The molecular weight excluding hydrogens is 356 g/mol. The number of rotatable bonds is 5. The lowest BCUT2D eigenvalue weighted by atomic mass is 10.1. The van der Waals surface area contributed by atoms with E-state index in [4.69, 9.17) is 9.47 Å². The Labute approximate surface area is 152 Å². The summed E-state index contributed by atoms with van der Waals surface area (Å²) >= 11 is 0.926. The van der Waals surface area contributed by atoms with Gasteiger partial charge >= 0.3 is 0 Å². The van der Waals surface area contributed by atoms with Crippen LogP contribution in [0.1, 0.15) is 26.6 Å². The second kappa shape index (κ2) is 7.01. The smallest absolute Gasteiger partial charge is 0.260 e. The van der Waals surface area contributed by atoms with Crippen molar-refractivity contribution in [2.45, 2.75) is 6.92 Å². The molecule has 0 saturated carbocycles. The summed E-state index contributed by atoms with van der Waals surface area (Å²) in [6, 6.07) is 5.35. The lowest BCUT2D eigenvalue weighted by Crippen LogP contribution is -2.21. The van der Waals surface area contributed by atoms with Gasteiger partial charge in [0.15, 0.2) is 0 Å². The number of carboxylic acids is 1. The van der Waals surface area contributed by atoms with Gasteiger partial charge < -0.3 is 24.4 Å². The third-order valence-corrected chi connectivity index (χ3v) is 5.03. The number of nitrogens with one attached hydrogen (secondary N) is 1. The van der Waals surface area contributed by atoms with Gasteiger partial charge in [0.25, 0.3) is 5.56 Å². The lowest BCUT2D eigenvalue weighted by molar-refractivity contribution is -0.254. The van der Waals surface area contributed by atoms with Gasteiger partial charge in [0.05, 0.1) is 30.5 Å². The highest BCUT2D eigenvalue weighted by molar-refractivity contribution is 7.20. The van der Waals surface area contributed by atoms with Crippen LogP contribution in [-0.4, -0.2) is 30.2 Å². The summed E-state index contributed by atoms with van der Waals surface area (Å²) < 4.78 is 10.5. The van der Waals surface area contributed by atoms with Crippen molar-refractivity contribution in [1.82, 2.24) is 9.97 Å². The molecule has 3 aromatic rings. The van der Waals surface area contributed by atoms with Crippen LogP contribution in [0.2, 0.25) is 0 Å². The summed E-state index contributed by atoms with van der Waals surface area (Å²) in [6.45, 7) is 1.57. The van der Waals surface area contributed by atoms with Gasteiger partial charge in [-0.1, -0.05) is 0 Å². The van der Waals surface area contributed by atoms with Crippen LogP contribution in [0.25, 0.3) is 22.4 Å². The zero-order chi connectivity index (χ0) is 18.8. The number of aryl methyl sites for hydroxylation is 1. The highest BCUT2D eigenvalue weighted by atomic mass is 32.1. The van der Waals surface area contributed by atoms with Crippen LogP contribution in [0, 0.1) is 6.92 Å². The lowest BCUT2D eigenvalue weighted by Gasteiger charge is -2.07. The zero-order valence-corrected chi connectivity index (χ0v) is 15.1. The van der Waals surface area contributed by atoms with Crippen molar-refractivity contribution in [3.63, 3.8) is 0 Å². The molecule has 3 rings (SSSR count). The summed E-state index contributed by atoms with van der Waals surface area (Å²) in [5, 5.41) is 11.4. The topological polar surface area (TPSA) is 104 Å². The highest BCUT2D eigenvalue weighted by Gasteiger charge is 2.14. The van der Waals surface area contributed by atoms with Gasteiger partial charge in [0.2, 0.25) is 0 Å². The minimum atomic E-state index is -1.31. The average Bonchev–Trinajstić information content (AvgIpc) is 2.97. The Hall–Kier alpha value is -3.13. The predicted octanol–water partition coefficient (Wildman–Crippen LogP) is 1.84. The van der Waals surface area contributed by atoms with Gasteiger partial charge in [0, 0.05) is 11.6 Å². The maximum atomic E-state index is 12.3. The van der Waals surface area contributed by atoms with Crippen LogP contribution < -0.4 is 20.1 Å². The monoisotopic (exact) mass is 371 g/mol. The first-order valence-corrected chi connectivity index (χ1v) is 8.41. The Balaban J connectivity index is 2.03. The van der Waals surface area contributed by atoms with Crippen LogP contribution >= 0.6 is 11.3 Å². The van der Waals surface area contributed by atoms with E-state index >= 15 is 0 Å². The van der Waals surface area contributed by atoms with Crippen LogP contribution in [-0.2, 0) is 0 Å². The molecule has 0 unspecified atom stereocenters. The number of methoxy groups -OCH3 is 2. The number of aromatic carboxylic acids is 1. The summed E-state index contributed by atoms with van der Waals surface area (Å²) in [7, 11) is 3.12. The number of benzene rings is 1. The molecule has 0 radical (unpaired) electrons. The minimum absolute atomic E-state index is 0.0101. The molecule has 0 saturated heterocycles. The SMILES string of the molecule is COc1ccc(/C=C/c2nc3sc(C(=O)[O-])c(C)c3c(=O)[nH]2)c(OC)c1. The number of H-pyrrole nitrogens is 1. The van der Waals surface area contributed by atoms with Crippen LogP contribution in [0.4, 0.5) is 0 Å². The van der Waals surface area contributed by atoms with E-state index in [-0.39, 0.29) is 10.3 Å². The number of carbonyl (C=O) groups is 1. The number of carbonyl (C=O) groups excluding carboxylic acids is 1. The van der Waals surface area contributed by atoms with E-state index in [2.05, 4.69) is 9.97 Å². The second-order valence-electron chi connectivity index (χ2n) is 5.42. The van der Waals surface area contributed by atoms with Crippen LogP contribution in [0.15, 0.2) is 23.0 Å². The first-order valence-electron chi connectivity index (χ1n) is 7.59. The average molecular weight is 371 g/mol. The maximum Gasteiger partial charge on any atom is 0.260 e. The Morgan fingerprint density at radius 2 is 2.04 bits per heavy atom. The molecule has 2 aromatic heterocycles. The number of thiophene rings is 1. The van der Waals surface area contributed by atoms with Crippen LogP contribution in [0.5, 0.6) is 11.5 Å². The maximum absolute atomic E-state index is 12.3. The van der Waals surface area contributed by atoms with Crippen molar-refractivity contribution in [2.75, 3.05) is 14.2 Å². The predicted molar refractivity (Wildman–Crippen MR) is 97.8 cm³/mol. The van der Waals surface area contributed by atoms with Crippen molar-refractivity contribution in [3.05, 3.63) is 50.4 Å². The van der Waals surface area contributed by atoms with E-state index in [0.29, 0.717) is 27.7 Å². The fourth-order valence-corrected chi connectivity index (χ4v) is 3.58. The molecule has 0 fully saturated rings. The van der Waals surface area contributed by atoms with Gasteiger partial charge in [-0.2, -0.15) is 0 Å². The molecule has 2 heterocycles. The third kappa shape index (κ3) is 3.18. The van der Waals surface area contributed by atoms with E-state index in [1.165, 1.54) is 0 Å². The van der Waals surface area contributed by atoms with Crippen LogP contribution in [0.3, 0.4) is 0 Å². The Morgan fingerprint density at radius 1 is 1.27 bits per heavy atom. The van der Waals surface area contributed by atoms with E-state index in [1.807, 2.05) is 6.07 Å². The number of ether oxygens (including phenoxy) is 2. The van der Waals surface area contributed by atoms with Gasteiger partial charge in [0.1, 0.15) is 22.2 Å². The summed E-state index contributed by atoms with van der Waals surface area (Å²) in [5.74, 6) is 0.266. The Morgan fingerprint density at radius 3 is 2.69 bits per heavy atom. The Kier molecular flexibility index (Phi) is 4.77. The summed E-state index contributed by atoms with van der Waals surface area (Å²) in [4.78, 5) is 30.8. The number of hydrogen-bond donors (Lipinski definition) is 1. The number of aromatic nitrogens is 2. The molecule has 0 aliphatic rings. The molecule has 8 heteroatoms. The van der Waals surface area contributed by atoms with Gasteiger partial charge in [-0.05, 0) is 36.8 Å². The fourth-order valence-electron chi connectivity index (χ4n) is 2.56. The van der Waals surface area contributed by atoms with E-state index in [9.17, 15) is 14.7 Å².